The van der Waals surface area contributed by atoms with Crippen LogP contribution < -0.4 is 4.74 Å². The van der Waals surface area contributed by atoms with E-state index >= 15 is 0 Å². The fourth-order valence-corrected chi connectivity index (χ4v) is 3.64. The van der Waals surface area contributed by atoms with Crippen LogP contribution in [0.15, 0.2) is 54.2 Å². The number of aliphatic hydroxyl groups is 1. The zero-order valence-corrected chi connectivity index (χ0v) is 19.7. The summed E-state index contributed by atoms with van der Waals surface area (Å²) in [5, 5.41) is 11.1. The molecule has 1 aliphatic rings. The number of nitrogens with zero attached hydrogens (tertiary/aromatic N) is 2. The Morgan fingerprint density at radius 2 is 1.82 bits per heavy atom. The highest BCUT2D eigenvalue weighted by Crippen LogP contribution is 2.38. The van der Waals surface area contributed by atoms with Crippen LogP contribution in [-0.2, 0) is 14.3 Å². The number of rotatable bonds is 10. The van der Waals surface area contributed by atoms with Gasteiger partial charge in [0.1, 0.15) is 17.6 Å². The lowest BCUT2D eigenvalue weighted by Gasteiger charge is -2.24. The molecule has 7 heteroatoms. The standard InChI is InChI=1S/C26H32N2O5/c1-17(2)16-33-20-11-9-19(10-12-20)24(29)22-23(21-8-5-6-13-27-21)28(26(31)25(22)30)14-7-15-32-18(3)4/h5-6,8-13,17-18,23,29H,7,14-16H2,1-4H3/b24-22-. The Hall–Kier alpha value is -3.19. The predicted molar refractivity (Wildman–Crippen MR) is 126 cm³/mol. The summed E-state index contributed by atoms with van der Waals surface area (Å²) in [4.78, 5) is 31.8. The number of ketones is 1. The lowest BCUT2D eigenvalue weighted by Crippen LogP contribution is -2.31. The Balaban J connectivity index is 1.93. The molecule has 1 aromatic heterocycles. The largest absolute Gasteiger partial charge is 0.507 e. The van der Waals surface area contributed by atoms with Crippen LogP contribution in [0.4, 0.5) is 0 Å². The van der Waals surface area contributed by atoms with E-state index in [2.05, 4.69) is 18.8 Å². The molecule has 1 fully saturated rings. The number of carbonyl (C=O) groups is 2. The molecule has 0 radical (unpaired) electrons. The summed E-state index contributed by atoms with van der Waals surface area (Å²) >= 11 is 0. The van der Waals surface area contributed by atoms with E-state index in [0.29, 0.717) is 49.1 Å². The van der Waals surface area contributed by atoms with Crippen molar-refractivity contribution in [1.82, 2.24) is 9.88 Å². The molecule has 0 saturated carbocycles. The smallest absolute Gasteiger partial charge is 0.295 e. The molecule has 1 unspecified atom stereocenters. The summed E-state index contributed by atoms with van der Waals surface area (Å²) in [6, 6.07) is 11.4. The summed E-state index contributed by atoms with van der Waals surface area (Å²) in [6.07, 6.45) is 2.26. The fourth-order valence-electron chi connectivity index (χ4n) is 3.64. The molecule has 1 aliphatic heterocycles. The Labute approximate surface area is 195 Å². The maximum absolute atomic E-state index is 13.0. The monoisotopic (exact) mass is 452 g/mol. The Morgan fingerprint density at radius 1 is 1.09 bits per heavy atom. The van der Waals surface area contributed by atoms with Gasteiger partial charge in [-0.25, -0.2) is 0 Å². The van der Waals surface area contributed by atoms with Gasteiger partial charge in [0.25, 0.3) is 11.7 Å². The Morgan fingerprint density at radius 3 is 2.42 bits per heavy atom. The van der Waals surface area contributed by atoms with Crippen LogP contribution in [0, 0.1) is 5.92 Å². The van der Waals surface area contributed by atoms with Crippen molar-refractivity contribution in [2.24, 2.45) is 5.92 Å². The summed E-state index contributed by atoms with van der Waals surface area (Å²) in [5.74, 6) is -0.521. The first kappa shape index (κ1) is 24.5. The molecule has 1 aromatic carbocycles. The van der Waals surface area contributed by atoms with Crippen LogP contribution in [0.5, 0.6) is 5.75 Å². The van der Waals surface area contributed by atoms with Gasteiger partial charge in [0.05, 0.1) is 24.0 Å². The molecular weight excluding hydrogens is 420 g/mol. The van der Waals surface area contributed by atoms with E-state index in [0.717, 1.165) is 0 Å². The number of ether oxygens (including phenoxy) is 2. The number of carbonyl (C=O) groups excluding carboxylic acids is 2. The molecule has 0 bridgehead atoms. The quantitative estimate of drug-likeness (QED) is 0.249. The van der Waals surface area contributed by atoms with Crippen LogP contribution in [0.3, 0.4) is 0 Å². The van der Waals surface area contributed by atoms with E-state index in [1.165, 1.54) is 4.90 Å². The number of hydrogen-bond donors (Lipinski definition) is 1. The number of Topliss-reactive ketones (excluding diaryl/α,β-unsaturated/α-hetero) is 1. The van der Waals surface area contributed by atoms with E-state index in [-0.39, 0.29) is 17.4 Å². The van der Waals surface area contributed by atoms with Gasteiger partial charge in [-0.15, -0.1) is 0 Å². The van der Waals surface area contributed by atoms with E-state index in [1.54, 1.807) is 48.7 Å². The molecule has 3 rings (SSSR count). The molecule has 2 aromatic rings. The molecule has 0 aliphatic carbocycles. The van der Waals surface area contributed by atoms with Crippen molar-refractivity contribution >= 4 is 17.4 Å². The van der Waals surface area contributed by atoms with E-state index in [1.807, 2.05) is 13.8 Å². The lowest BCUT2D eigenvalue weighted by molar-refractivity contribution is -0.140. The normalized spacial score (nSPS) is 17.9. The van der Waals surface area contributed by atoms with Gasteiger partial charge in [-0.1, -0.05) is 19.9 Å². The summed E-state index contributed by atoms with van der Waals surface area (Å²) in [6.45, 7) is 9.37. The maximum Gasteiger partial charge on any atom is 0.295 e. The highest BCUT2D eigenvalue weighted by atomic mass is 16.5. The predicted octanol–water partition coefficient (Wildman–Crippen LogP) is 4.35. The van der Waals surface area contributed by atoms with Gasteiger partial charge >= 0.3 is 0 Å². The van der Waals surface area contributed by atoms with E-state index in [4.69, 9.17) is 9.47 Å². The first-order valence-electron chi connectivity index (χ1n) is 11.3. The highest BCUT2D eigenvalue weighted by Gasteiger charge is 2.46. The average molecular weight is 453 g/mol. The average Bonchev–Trinajstić information content (AvgIpc) is 3.05. The minimum absolute atomic E-state index is 0.0410. The molecule has 1 atom stereocenters. The summed E-state index contributed by atoms with van der Waals surface area (Å²) < 4.78 is 11.3. The second-order valence-corrected chi connectivity index (χ2v) is 8.75. The van der Waals surface area contributed by atoms with Crippen molar-refractivity contribution in [3.05, 3.63) is 65.5 Å². The van der Waals surface area contributed by atoms with Gasteiger partial charge < -0.3 is 19.5 Å². The molecule has 176 valence electrons. The fraction of sp³-hybridized carbons (Fsp3) is 0.423. The topological polar surface area (TPSA) is 89.0 Å². The van der Waals surface area contributed by atoms with Gasteiger partial charge in [-0.2, -0.15) is 0 Å². The molecule has 1 amide bonds. The number of benzene rings is 1. The third kappa shape index (κ3) is 5.99. The molecular formula is C26H32N2O5. The third-order valence-corrected chi connectivity index (χ3v) is 5.21. The Kier molecular flexibility index (Phi) is 8.22. The second kappa shape index (κ2) is 11.1. The zero-order valence-electron chi connectivity index (χ0n) is 19.7. The number of aromatic nitrogens is 1. The number of pyridine rings is 1. The number of aliphatic hydroxyl groups excluding tert-OH is 1. The van der Waals surface area contributed by atoms with E-state index in [9.17, 15) is 14.7 Å². The van der Waals surface area contributed by atoms with Crippen LogP contribution in [0.1, 0.15) is 51.4 Å². The van der Waals surface area contributed by atoms with Crippen LogP contribution in [-0.4, -0.2) is 52.5 Å². The first-order chi connectivity index (χ1) is 15.8. The maximum atomic E-state index is 13.0. The number of likely N-dealkylation sites (tertiary alicyclic amines) is 1. The van der Waals surface area contributed by atoms with Gasteiger partial charge in [-0.3, -0.25) is 14.6 Å². The summed E-state index contributed by atoms with van der Waals surface area (Å²) in [7, 11) is 0. The minimum Gasteiger partial charge on any atom is -0.507 e. The molecule has 2 heterocycles. The van der Waals surface area contributed by atoms with Gasteiger partial charge in [0.15, 0.2) is 0 Å². The molecule has 7 nitrogen and oxygen atoms in total. The Bertz CT molecular complexity index is 984. The summed E-state index contributed by atoms with van der Waals surface area (Å²) in [5.41, 5.74) is 1.01. The minimum atomic E-state index is -0.762. The number of hydrogen-bond acceptors (Lipinski definition) is 6. The van der Waals surface area contributed by atoms with E-state index < -0.39 is 17.7 Å². The van der Waals surface area contributed by atoms with Gasteiger partial charge in [0.2, 0.25) is 0 Å². The highest BCUT2D eigenvalue weighted by molar-refractivity contribution is 6.46. The van der Waals surface area contributed by atoms with Crippen LogP contribution in [0.2, 0.25) is 0 Å². The SMILES string of the molecule is CC(C)COc1ccc(/C(O)=C2/C(=O)C(=O)N(CCCOC(C)C)C2c2ccccn2)cc1. The first-order valence-corrected chi connectivity index (χ1v) is 11.3. The van der Waals surface area contributed by atoms with Crippen molar-refractivity contribution in [2.75, 3.05) is 19.8 Å². The third-order valence-electron chi connectivity index (χ3n) is 5.21. The van der Waals surface area contributed by atoms with Crippen molar-refractivity contribution in [1.29, 1.82) is 0 Å². The van der Waals surface area contributed by atoms with Crippen molar-refractivity contribution in [2.45, 2.75) is 46.3 Å². The van der Waals surface area contributed by atoms with Crippen LogP contribution >= 0.6 is 0 Å². The van der Waals surface area contributed by atoms with Gasteiger partial charge in [-0.05, 0) is 62.6 Å². The van der Waals surface area contributed by atoms with Crippen molar-refractivity contribution in [3.63, 3.8) is 0 Å². The van der Waals surface area contributed by atoms with Crippen molar-refractivity contribution in [3.8, 4) is 5.75 Å². The molecule has 0 spiro atoms. The molecule has 1 saturated heterocycles. The van der Waals surface area contributed by atoms with Crippen molar-refractivity contribution < 1.29 is 24.2 Å². The zero-order chi connectivity index (χ0) is 24.0. The molecule has 1 N–H and O–H groups in total. The van der Waals surface area contributed by atoms with Crippen LogP contribution in [0.25, 0.3) is 5.76 Å². The lowest BCUT2D eigenvalue weighted by atomic mass is 9.98. The number of amides is 1. The molecule has 33 heavy (non-hydrogen) atoms. The van der Waals surface area contributed by atoms with Gasteiger partial charge in [0, 0.05) is 24.9 Å². The second-order valence-electron chi connectivity index (χ2n) is 8.75.